The first-order valence-corrected chi connectivity index (χ1v) is 9.07. The van der Waals surface area contributed by atoms with Gasteiger partial charge < -0.3 is 10.1 Å². The summed E-state index contributed by atoms with van der Waals surface area (Å²) in [4.78, 5) is 27.3. The van der Waals surface area contributed by atoms with Gasteiger partial charge in [-0.2, -0.15) is 0 Å². The zero-order valence-corrected chi connectivity index (χ0v) is 15.6. The molecule has 0 radical (unpaired) electrons. The first kappa shape index (κ1) is 19.1. The molecule has 0 saturated heterocycles. The van der Waals surface area contributed by atoms with E-state index in [0.29, 0.717) is 19.4 Å². The number of hydrogen-bond donors (Lipinski definition) is 1. The molecule has 134 valence electrons. The average Bonchev–Trinajstić information content (AvgIpc) is 3.07. The van der Waals surface area contributed by atoms with Crippen molar-refractivity contribution in [1.29, 1.82) is 0 Å². The molecule has 2 rings (SSSR count). The number of amides is 1. The molecule has 0 aliphatic carbocycles. The predicted octanol–water partition coefficient (Wildman–Crippen LogP) is 2.65. The Morgan fingerprint density at radius 2 is 2.12 bits per heavy atom. The Hall–Kier alpha value is -2.28. The average molecular weight is 361 g/mol. The van der Waals surface area contributed by atoms with Gasteiger partial charge in [-0.1, -0.05) is 23.9 Å². The van der Waals surface area contributed by atoms with Gasteiger partial charge in [0.05, 0.1) is 18.6 Å². The fraction of sp³-hybridized carbons (Fsp3) is 0.389. The molecule has 2 aromatic rings. The van der Waals surface area contributed by atoms with Gasteiger partial charge in [0.15, 0.2) is 5.16 Å². The van der Waals surface area contributed by atoms with Crippen molar-refractivity contribution in [3.05, 3.63) is 41.7 Å². The highest BCUT2D eigenvalue weighted by molar-refractivity contribution is 7.99. The first-order chi connectivity index (χ1) is 12.0. The molecule has 0 spiro atoms. The lowest BCUT2D eigenvalue weighted by Gasteiger charge is -2.11. The van der Waals surface area contributed by atoms with Crippen LogP contribution >= 0.6 is 11.8 Å². The Balaban J connectivity index is 1.88. The minimum Gasteiger partial charge on any atom is -0.469 e. The Bertz CT molecular complexity index is 743. The number of ether oxygens (including phenoxy) is 1. The third-order valence-electron chi connectivity index (χ3n) is 3.67. The second-order valence-electron chi connectivity index (χ2n) is 5.69. The summed E-state index contributed by atoms with van der Waals surface area (Å²) in [5, 5.41) is 3.58. The van der Waals surface area contributed by atoms with Crippen LogP contribution in [0.4, 0.5) is 0 Å². The third-order valence-corrected chi connectivity index (χ3v) is 4.64. The van der Waals surface area contributed by atoms with Crippen LogP contribution in [0.5, 0.6) is 0 Å². The standard InChI is InChI=1S/C18H23N3O3S/c1-13-6-7-14(2)15(11-13)21-10-9-20-18(21)25-12-16(22)19-8-4-5-17(23)24-3/h6-7,9-11H,4-5,8,12H2,1-3H3,(H,19,22). The number of methoxy groups -OCH3 is 1. The van der Waals surface area contributed by atoms with Gasteiger partial charge in [0.1, 0.15) is 0 Å². The maximum absolute atomic E-state index is 11.9. The van der Waals surface area contributed by atoms with Gasteiger partial charge in [0.2, 0.25) is 5.91 Å². The monoisotopic (exact) mass is 361 g/mol. The minimum atomic E-state index is -0.265. The van der Waals surface area contributed by atoms with Gasteiger partial charge in [0, 0.05) is 25.4 Å². The molecule has 0 fully saturated rings. The highest BCUT2D eigenvalue weighted by Gasteiger charge is 2.11. The summed E-state index contributed by atoms with van der Waals surface area (Å²) in [5.41, 5.74) is 3.39. The number of esters is 1. The van der Waals surface area contributed by atoms with E-state index in [1.807, 2.05) is 10.8 Å². The number of nitrogens with one attached hydrogen (secondary N) is 1. The van der Waals surface area contributed by atoms with E-state index in [2.05, 4.69) is 47.1 Å². The van der Waals surface area contributed by atoms with Crippen LogP contribution in [0.2, 0.25) is 0 Å². The molecule has 1 heterocycles. The number of carbonyl (C=O) groups is 2. The summed E-state index contributed by atoms with van der Waals surface area (Å²) in [5.74, 6) is -0.0651. The molecular formula is C18H23N3O3S. The van der Waals surface area contributed by atoms with Crippen molar-refractivity contribution in [1.82, 2.24) is 14.9 Å². The van der Waals surface area contributed by atoms with E-state index >= 15 is 0 Å². The van der Waals surface area contributed by atoms with Crippen molar-refractivity contribution >= 4 is 23.6 Å². The Morgan fingerprint density at radius 1 is 1.32 bits per heavy atom. The number of imidazole rings is 1. The second-order valence-corrected chi connectivity index (χ2v) is 6.63. The quantitative estimate of drug-likeness (QED) is 0.444. The van der Waals surface area contributed by atoms with Crippen LogP contribution in [0.3, 0.4) is 0 Å². The molecule has 0 aliphatic rings. The number of hydrogen-bond acceptors (Lipinski definition) is 5. The van der Waals surface area contributed by atoms with Crippen molar-refractivity contribution < 1.29 is 14.3 Å². The Morgan fingerprint density at radius 3 is 2.88 bits per heavy atom. The second kappa shape index (κ2) is 9.27. The van der Waals surface area contributed by atoms with Crippen molar-refractivity contribution in [3.63, 3.8) is 0 Å². The number of benzene rings is 1. The smallest absolute Gasteiger partial charge is 0.305 e. The normalized spacial score (nSPS) is 10.5. The number of nitrogens with zero attached hydrogens (tertiary/aromatic N) is 2. The Kier molecular flexibility index (Phi) is 7.06. The molecule has 0 unspecified atom stereocenters. The summed E-state index contributed by atoms with van der Waals surface area (Å²) in [6, 6.07) is 6.26. The lowest BCUT2D eigenvalue weighted by atomic mass is 10.1. The highest BCUT2D eigenvalue weighted by atomic mass is 32.2. The molecule has 25 heavy (non-hydrogen) atoms. The van der Waals surface area contributed by atoms with E-state index in [0.717, 1.165) is 16.4 Å². The van der Waals surface area contributed by atoms with E-state index in [-0.39, 0.29) is 17.6 Å². The summed E-state index contributed by atoms with van der Waals surface area (Å²) in [7, 11) is 1.36. The summed E-state index contributed by atoms with van der Waals surface area (Å²) in [6.07, 6.45) is 4.51. The largest absolute Gasteiger partial charge is 0.469 e. The minimum absolute atomic E-state index is 0.0784. The lowest BCUT2D eigenvalue weighted by molar-refractivity contribution is -0.140. The topological polar surface area (TPSA) is 73.2 Å². The SMILES string of the molecule is COC(=O)CCCNC(=O)CSc1nccn1-c1cc(C)ccc1C. The van der Waals surface area contributed by atoms with Crippen molar-refractivity contribution in [2.45, 2.75) is 31.8 Å². The van der Waals surface area contributed by atoms with Crippen molar-refractivity contribution in [3.8, 4) is 5.69 Å². The molecule has 0 saturated carbocycles. The highest BCUT2D eigenvalue weighted by Crippen LogP contribution is 2.23. The fourth-order valence-electron chi connectivity index (χ4n) is 2.30. The van der Waals surface area contributed by atoms with Crippen molar-refractivity contribution in [2.24, 2.45) is 0 Å². The molecule has 0 atom stereocenters. The molecular weight excluding hydrogens is 338 g/mol. The van der Waals surface area contributed by atoms with Crippen molar-refractivity contribution in [2.75, 3.05) is 19.4 Å². The van der Waals surface area contributed by atoms with Gasteiger partial charge in [-0.25, -0.2) is 4.98 Å². The zero-order chi connectivity index (χ0) is 18.2. The summed E-state index contributed by atoms with van der Waals surface area (Å²) in [6.45, 7) is 4.56. The maximum atomic E-state index is 11.9. The first-order valence-electron chi connectivity index (χ1n) is 8.08. The molecule has 6 nitrogen and oxygen atoms in total. The van der Waals surface area contributed by atoms with Gasteiger partial charge in [-0.3, -0.25) is 14.2 Å². The molecule has 1 aromatic carbocycles. The number of aryl methyl sites for hydroxylation is 2. The van der Waals surface area contributed by atoms with Gasteiger partial charge in [-0.15, -0.1) is 0 Å². The summed E-state index contributed by atoms with van der Waals surface area (Å²) >= 11 is 1.39. The number of rotatable bonds is 8. The predicted molar refractivity (Wildman–Crippen MR) is 98.0 cm³/mol. The molecule has 1 aromatic heterocycles. The van der Waals surface area contributed by atoms with E-state index in [1.165, 1.54) is 24.4 Å². The van der Waals surface area contributed by atoms with Crippen LogP contribution in [-0.4, -0.2) is 40.8 Å². The van der Waals surface area contributed by atoms with Crippen LogP contribution < -0.4 is 5.32 Å². The van der Waals surface area contributed by atoms with Gasteiger partial charge in [0.25, 0.3) is 0 Å². The van der Waals surface area contributed by atoms with E-state index in [1.54, 1.807) is 6.20 Å². The van der Waals surface area contributed by atoms with E-state index in [9.17, 15) is 9.59 Å². The Labute approximate surface area is 152 Å². The molecule has 7 heteroatoms. The molecule has 0 aliphatic heterocycles. The van der Waals surface area contributed by atoms with E-state index in [4.69, 9.17) is 0 Å². The third kappa shape index (κ3) is 5.63. The van der Waals surface area contributed by atoms with Crippen LogP contribution in [0.25, 0.3) is 5.69 Å². The molecule has 0 bridgehead atoms. The number of carbonyl (C=O) groups excluding carboxylic acids is 2. The fourth-order valence-corrected chi connectivity index (χ4v) is 3.10. The number of aromatic nitrogens is 2. The van der Waals surface area contributed by atoms with E-state index < -0.39 is 0 Å². The lowest BCUT2D eigenvalue weighted by Crippen LogP contribution is -2.26. The van der Waals surface area contributed by atoms with Crippen LogP contribution in [0.15, 0.2) is 35.7 Å². The molecule has 1 amide bonds. The zero-order valence-electron chi connectivity index (χ0n) is 14.7. The molecule has 1 N–H and O–H groups in total. The summed E-state index contributed by atoms with van der Waals surface area (Å²) < 4.78 is 6.56. The van der Waals surface area contributed by atoms with Crippen LogP contribution in [-0.2, 0) is 14.3 Å². The number of thioether (sulfide) groups is 1. The van der Waals surface area contributed by atoms with Gasteiger partial charge >= 0.3 is 5.97 Å². The van der Waals surface area contributed by atoms with Gasteiger partial charge in [-0.05, 0) is 37.5 Å². The van der Waals surface area contributed by atoms with Crippen LogP contribution in [0, 0.1) is 13.8 Å². The maximum Gasteiger partial charge on any atom is 0.305 e. The van der Waals surface area contributed by atoms with Crippen LogP contribution in [0.1, 0.15) is 24.0 Å².